The molecule has 1 N–H and O–H groups in total. The van der Waals surface area contributed by atoms with Crippen molar-refractivity contribution in [3.63, 3.8) is 0 Å². The second kappa shape index (κ2) is 6.33. The van der Waals surface area contributed by atoms with Crippen molar-refractivity contribution in [2.75, 3.05) is 13.2 Å². The molecular weight excluding hydrogens is 293 g/mol. The molecule has 2 aromatic carbocycles. The van der Waals surface area contributed by atoms with E-state index in [0.29, 0.717) is 36.9 Å². The Hall–Kier alpha value is -1.78. The standard InChI is InChI=1S/C16H15ClFNO2/c17-13-2-3-14(18)12(8-13)10-19-9-11-1-4-15-16(7-11)21-6-5-20-15/h1-4,7-8,19H,5-6,9-10H2. The number of ether oxygens (including phenoxy) is 2. The predicted octanol–water partition coefficient (Wildman–Crippen LogP) is 3.54. The van der Waals surface area contributed by atoms with Crippen molar-refractivity contribution >= 4 is 11.6 Å². The predicted molar refractivity (Wildman–Crippen MR) is 79.4 cm³/mol. The van der Waals surface area contributed by atoms with Crippen LogP contribution < -0.4 is 14.8 Å². The Labute approximate surface area is 127 Å². The number of hydrogen-bond donors (Lipinski definition) is 1. The van der Waals surface area contributed by atoms with Crippen molar-refractivity contribution in [2.45, 2.75) is 13.1 Å². The molecule has 3 rings (SSSR count). The highest BCUT2D eigenvalue weighted by Crippen LogP contribution is 2.30. The summed E-state index contributed by atoms with van der Waals surface area (Å²) in [4.78, 5) is 0. The fourth-order valence-electron chi connectivity index (χ4n) is 2.22. The molecular formula is C16H15ClFNO2. The van der Waals surface area contributed by atoms with Gasteiger partial charge >= 0.3 is 0 Å². The zero-order valence-corrected chi connectivity index (χ0v) is 12.1. The topological polar surface area (TPSA) is 30.5 Å². The zero-order valence-electron chi connectivity index (χ0n) is 11.4. The van der Waals surface area contributed by atoms with E-state index in [-0.39, 0.29) is 5.82 Å². The molecule has 0 atom stereocenters. The van der Waals surface area contributed by atoms with E-state index in [1.54, 1.807) is 12.1 Å². The molecule has 110 valence electrons. The summed E-state index contributed by atoms with van der Waals surface area (Å²) in [5.41, 5.74) is 1.61. The molecule has 3 nitrogen and oxygen atoms in total. The van der Waals surface area contributed by atoms with Crippen LogP contribution in [0.5, 0.6) is 11.5 Å². The Morgan fingerprint density at radius 2 is 1.81 bits per heavy atom. The van der Waals surface area contributed by atoms with Crippen LogP contribution in [0.4, 0.5) is 4.39 Å². The Kier molecular flexibility index (Phi) is 4.27. The van der Waals surface area contributed by atoms with Gasteiger partial charge in [-0.25, -0.2) is 4.39 Å². The van der Waals surface area contributed by atoms with Gasteiger partial charge in [-0.05, 0) is 35.9 Å². The maximum Gasteiger partial charge on any atom is 0.161 e. The smallest absolute Gasteiger partial charge is 0.161 e. The summed E-state index contributed by atoms with van der Waals surface area (Å²) in [5.74, 6) is 1.27. The second-order valence-electron chi connectivity index (χ2n) is 4.82. The molecule has 5 heteroatoms. The van der Waals surface area contributed by atoms with Crippen molar-refractivity contribution in [3.8, 4) is 11.5 Å². The SMILES string of the molecule is Fc1ccc(Cl)cc1CNCc1ccc2c(c1)OCCO2. The maximum absolute atomic E-state index is 13.6. The molecule has 0 aromatic heterocycles. The van der Waals surface area contributed by atoms with Crippen molar-refractivity contribution in [2.24, 2.45) is 0 Å². The summed E-state index contributed by atoms with van der Waals surface area (Å²) >= 11 is 5.87. The van der Waals surface area contributed by atoms with Crippen LogP contribution in [0.1, 0.15) is 11.1 Å². The van der Waals surface area contributed by atoms with E-state index in [4.69, 9.17) is 21.1 Å². The van der Waals surface area contributed by atoms with E-state index in [2.05, 4.69) is 5.32 Å². The molecule has 21 heavy (non-hydrogen) atoms. The van der Waals surface area contributed by atoms with Gasteiger partial charge < -0.3 is 14.8 Å². The highest BCUT2D eigenvalue weighted by molar-refractivity contribution is 6.30. The molecule has 0 radical (unpaired) electrons. The van der Waals surface area contributed by atoms with Crippen molar-refractivity contribution < 1.29 is 13.9 Å². The Balaban J connectivity index is 1.61. The van der Waals surface area contributed by atoms with Crippen LogP contribution in [0.25, 0.3) is 0 Å². The highest BCUT2D eigenvalue weighted by atomic mass is 35.5. The van der Waals surface area contributed by atoms with E-state index in [9.17, 15) is 4.39 Å². The van der Waals surface area contributed by atoms with Crippen LogP contribution in [-0.4, -0.2) is 13.2 Å². The maximum atomic E-state index is 13.6. The molecule has 0 bridgehead atoms. The first kappa shape index (κ1) is 14.2. The largest absolute Gasteiger partial charge is 0.486 e. The number of halogens is 2. The Bertz CT molecular complexity index is 648. The van der Waals surface area contributed by atoms with Gasteiger partial charge in [-0.1, -0.05) is 17.7 Å². The van der Waals surface area contributed by atoms with Crippen LogP contribution in [0.2, 0.25) is 5.02 Å². The molecule has 1 aliphatic rings. The summed E-state index contributed by atoms with van der Waals surface area (Å²) < 4.78 is 24.6. The normalized spacial score (nSPS) is 13.2. The first-order valence-electron chi connectivity index (χ1n) is 6.75. The average molecular weight is 308 g/mol. The van der Waals surface area contributed by atoms with E-state index in [0.717, 1.165) is 17.1 Å². The summed E-state index contributed by atoms with van der Waals surface area (Å²) in [6.07, 6.45) is 0. The summed E-state index contributed by atoms with van der Waals surface area (Å²) in [6.45, 7) is 2.18. The Morgan fingerprint density at radius 3 is 2.67 bits per heavy atom. The molecule has 1 aliphatic heterocycles. The first-order valence-corrected chi connectivity index (χ1v) is 7.13. The highest BCUT2D eigenvalue weighted by Gasteiger charge is 2.11. The summed E-state index contributed by atoms with van der Waals surface area (Å²) in [7, 11) is 0. The number of benzene rings is 2. The van der Waals surface area contributed by atoms with Gasteiger partial charge in [-0.3, -0.25) is 0 Å². The third-order valence-electron chi connectivity index (χ3n) is 3.26. The molecule has 2 aromatic rings. The Morgan fingerprint density at radius 1 is 1.00 bits per heavy atom. The third-order valence-corrected chi connectivity index (χ3v) is 3.49. The number of hydrogen-bond acceptors (Lipinski definition) is 3. The molecule has 0 saturated carbocycles. The summed E-state index contributed by atoms with van der Waals surface area (Å²) in [5, 5.41) is 3.73. The van der Waals surface area contributed by atoms with Crippen LogP contribution in [0.15, 0.2) is 36.4 Å². The number of fused-ring (bicyclic) bond motifs is 1. The number of nitrogens with one attached hydrogen (secondary N) is 1. The van der Waals surface area contributed by atoms with Gasteiger partial charge in [0.25, 0.3) is 0 Å². The third kappa shape index (κ3) is 3.46. The summed E-state index contributed by atoms with van der Waals surface area (Å²) in [6, 6.07) is 10.4. The molecule has 1 heterocycles. The average Bonchev–Trinajstić information content (AvgIpc) is 2.50. The quantitative estimate of drug-likeness (QED) is 0.937. The molecule has 0 amide bonds. The molecule has 0 unspecified atom stereocenters. The fraction of sp³-hybridized carbons (Fsp3) is 0.250. The molecule has 0 aliphatic carbocycles. The van der Waals surface area contributed by atoms with E-state index in [1.807, 2.05) is 18.2 Å². The van der Waals surface area contributed by atoms with Crippen LogP contribution >= 0.6 is 11.6 Å². The van der Waals surface area contributed by atoms with Gasteiger partial charge in [-0.2, -0.15) is 0 Å². The lowest BCUT2D eigenvalue weighted by Gasteiger charge is -2.19. The lowest BCUT2D eigenvalue weighted by atomic mass is 10.1. The van der Waals surface area contributed by atoms with Crippen LogP contribution in [0, 0.1) is 5.82 Å². The van der Waals surface area contributed by atoms with Gasteiger partial charge in [0.1, 0.15) is 19.0 Å². The molecule has 0 fully saturated rings. The molecule has 0 saturated heterocycles. The lowest BCUT2D eigenvalue weighted by molar-refractivity contribution is 0.171. The van der Waals surface area contributed by atoms with Gasteiger partial charge in [0.2, 0.25) is 0 Å². The van der Waals surface area contributed by atoms with E-state index >= 15 is 0 Å². The minimum atomic E-state index is -0.255. The van der Waals surface area contributed by atoms with Crippen LogP contribution in [0.3, 0.4) is 0 Å². The van der Waals surface area contributed by atoms with E-state index < -0.39 is 0 Å². The van der Waals surface area contributed by atoms with Gasteiger partial charge in [-0.15, -0.1) is 0 Å². The first-order chi connectivity index (χ1) is 10.2. The fourth-order valence-corrected chi connectivity index (χ4v) is 2.41. The monoisotopic (exact) mass is 307 g/mol. The number of rotatable bonds is 4. The van der Waals surface area contributed by atoms with Gasteiger partial charge in [0.15, 0.2) is 11.5 Å². The van der Waals surface area contributed by atoms with Gasteiger partial charge in [0.05, 0.1) is 0 Å². The van der Waals surface area contributed by atoms with Crippen molar-refractivity contribution in [3.05, 3.63) is 58.4 Å². The van der Waals surface area contributed by atoms with Gasteiger partial charge in [0, 0.05) is 23.7 Å². The van der Waals surface area contributed by atoms with Crippen molar-refractivity contribution in [1.82, 2.24) is 5.32 Å². The minimum absolute atomic E-state index is 0.255. The minimum Gasteiger partial charge on any atom is -0.486 e. The lowest BCUT2D eigenvalue weighted by Crippen LogP contribution is -2.17. The van der Waals surface area contributed by atoms with Crippen molar-refractivity contribution in [1.29, 1.82) is 0 Å². The molecule has 0 spiro atoms. The zero-order chi connectivity index (χ0) is 14.7. The van der Waals surface area contributed by atoms with Crippen LogP contribution in [-0.2, 0) is 13.1 Å². The van der Waals surface area contributed by atoms with E-state index in [1.165, 1.54) is 6.07 Å². The second-order valence-corrected chi connectivity index (χ2v) is 5.25.